The van der Waals surface area contributed by atoms with Gasteiger partial charge in [-0.1, -0.05) is 87.1 Å². The summed E-state index contributed by atoms with van der Waals surface area (Å²) >= 11 is 0. The first-order valence-corrected chi connectivity index (χ1v) is 15.4. The Balaban J connectivity index is 0.000000169. The molecular weight excluding hydrogens is 520 g/mol. The first kappa shape index (κ1) is 29.6. The lowest BCUT2D eigenvalue weighted by Gasteiger charge is -2.39. The number of hydrogen-bond acceptors (Lipinski definition) is 4. The molecule has 4 aromatic carbocycles. The molecular formula is C38H44O4. The molecule has 0 radical (unpaired) electrons. The van der Waals surface area contributed by atoms with E-state index in [1.165, 1.54) is 60.8 Å². The molecule has 0 aromatic heterocycles. The highest BCUT2D eigenvalue weighted by Crippen LogP contribution is 2.47. The average molecular weight is 565 g/mol. The van der Waals surface area contributed by atoms with E-state index in [1.54, 1.807) is 24.3 Å². The average Bonchev–Trinajstić information content (AvgIpc) is 3.01. The van der Waals surface area contributed by atoms with Crippen LogP contribution in [0.25, 0.3) is 0 Å². The van der Waals surface area contributed by atoms with E-state index in [9.17, 15) is 20.4 Å². The molecule has 0 saturated heterocycles. The predicted octanol–water partition coefficient (Wildman–Crippen LogP) is 9.31. The zero-order chi connectivity index (χ0) is 29.7. The van der Waals surface area contributed by atoms with Gasteiger partial charge in [0.1, 0.15) is 23.0 Å². The molecule has 6 rings (SSSR count). The summed E-state index contributed by atoms with van der Waals surface area (Å²) in [6.45, 7) is 3.91. The van der Waals surface area contributed by atoms with Gasteiger partial charge < -0.3 is 20.4 Å². The summed E-state index contributed by atoms with van der Waals surface area (Å²) in [6, 6.07) is 27.2. The third kappa shape index (κ3) is 5.99. The zero-order valence-corrected chi connectivity index (χ0v) is 24.9. The molecule has 0 spiro atoms. The highest BCUT2D eigenvalue weighted by atomic mass is 16.3. The van der Waals surface area contributed by atoms with E-state index >= 15 is 0 Å². The molecule has 0 aliphatic heterocycles. The number of benzene rings is 4. The van der Waals surface area contributed by atoms with Crippen molar-refractivity contribution in [1.82, 2.24) is 0 Å². The lowest BCUT2D eigenvalue weighted by atomic mass is 9.65. The molecule has 2 aliphatic rings. The van der Waals surface area contributed by atoms with Crippen LogP contribution in [0.4, 0.5) is 0 Å². The normalized spacial score (nSPS) is 17.6. The Hall–Kier alpha value is -3.92. The fourth-order valence-corrected chi connectivity index (χ4v) is 7.27. The fourth-order valence-electron chi connectivity index (χ4n) is 7.27. The zero-order valence-electron chi connectivity index (χ0n) is 24.9. The molecule has 2 saturated carbocycles. The minimum Gasteiger partial charge on any atom is -0.508 e. The van der Waals surface area contributed by atoms with E-state index in [2.05, 4.69) is 24.3 Å². The van der Waals surface area contributed by atoms with Crippen LogP contribution in [0.3, 0.4) is 0 Å². The number of phenolic OH excluding ortho intramolecular Hbond substituents is 4. The topological polar surface area (TPSA) is 80.9 Å². The summed E-state index contributed by atoms with van der Waals surface area (Å²) in [5.74, 6) is 1.34. The maximum atomic E-state index is 9.84. The van der Waals surface area contributed by atoms with E-state index < -0.39 is 0 Å². The molecule has 0 atom stereocenters. The fraction of sp³-hybridized carbons (Fsp3) is 0.368. The van der Waals surface area contributed by atoms with Crippen molar-refractivity contribution in [3.8, 4) is 23.0 Å². The van der Waals surface area contributed by atoms with Gasteiger partial charge >= 0.3 is 0 Å². The van der Waals surface area contributed by atoms with E-state index in [0.717, 1.165) is 36.8 Å². The summed E-state index contributed by atoms with van der Waals surface area (Å²) in [5, 5.41) is 38.7. The lowest BCUT2D eigenvalue weighted by Crippen LogP contribution is -2.30. The Morgan fingerprint density at radius 2 is 0.714 bits per heavy atom. The highest BCUT2D eigenvalue weighted by molar-refractivity contribution is 5.48. The Kier molecular flexibility index (Phi) is 8.82. The maximum Gasteiger partial charge on any atom is 0.118 e. The van der Waals surface area contributed by atoms with Crippen LogP contribution < -0.4 is 0 Å². The minimum absolute atomic E-state index is 0.00910. The monoisotopic (exact) mass is 564 g/mol. The minimum atomic E-state index is 0.00910. The van der Waals surface area contributed by atoms with Crippen molar-refractivity contribution in [2.75, 3.05) is 0 Å². The van der Waals surface area contributed by atoms with E-state index in [0.29, 0.717) is 23.0 Å². The Morgan fingerprint density at radius 3 is 1.05 bits per heavy atom. The Labute approximate surface area is 250 Å². The van der Waals surface area contributed by atoms with Gasteiger partial charge in [-0.3, -0.25) is 0 Å². The molecule has 4 N–H and O–H groups in total. The molecule has 220 valence electrons. The summed E-state index contributed by atoms with van der Waals surface area (Å²) in [6.07, 6.45) is 12.0. The molecule has 0 amide bonds. The van der Waals surface area contributed by atoms with E-state index in [1.807, 2.05) is 50.2 Å². The SMILES string of the molecule is Cc1cc(C2(c3ccc(O)c(C)c3)CCCCC2)ccc1O.Oc1ccc(C2(c3ccc(O)cc3)CCCCC2)cc1. The molecule has 2 fully saturated rings. The van der Waals surface area contributed by atoms with Crippen LogP contribution in [-0.4, -0.2) is 20.4 Å². The van der Waals surface area contributed by atoms with Crippen LogP contribution in [-0.2, 0) is 10.8 Å². The van der Waals surface area contributed by atoms with Crippen LogP contribution in [0.2, 0.25) is 0 Å². The van der Waals surface area contributed by atoms with Gasteiger partial charge in [-0.25, -0.2) is 0 Å². The van der Waals surface area contributed by atoms with Crippen LogP contribution in [0, 0.1) is 13.8 Å². The van der Waals surface area contributed by atoms with Gasteiger partial charge in [0.25, 0.3) is 0 Å². The molecule has 0 heterocycles. The second-order valence-corrected chi connectivity index (χ2v) is 12.4. The molecule has 42 heavy (non-hydrogen) atoms. The molecule has 0 unspecified atom stereocenters. The molecule has 4 aromatic rings. The van der Waals surface area contributed by atoms with Crippen LogP contribution in [0.1, 0.15) is 97.6 Å². The number of rotatable bonds is 4. The standard InChI is InChI=1S/C20H24O2.C18H20O2/c1-14-12-16(6-8-18(14)21)20(10-4-3-5-11-20)17-7-9-19(22)15(2)13-17;19-16-8-4-14(5-9-16)18(12-2-1-3-13-18)15-6-10-17(20)11-7-15/h6-9,12-13,21-22H,3-5,10-11H2,1-2H3;4-11,19-20H,1-3,12-13H2. The van der Waals surface area contributed by atoms with Crippen molar-refractivity contribution >= 4 is 0 Å². The Morgan fingerprint density at radius 1 is 0.405 bits per heavy atom. The largest absolute Gasteiger partial charge is 0.508 e. The molecule has 0 bridgehead atoms. The number of aryl methyl sites for hydroxylation is 2. The molecule has 4 nitrogen and oxygen atoms in total. The number of phenols is 4. The second-order valence-electron chi connectivity index (χ2n) is 12.4. The van der Waals surface area contributed by atoms with Gasteiger partial charge in [-0.15, -0.1) is 0 Å². The first-order chi connectivity index (χ1) is 20.2. The lowest BCUT2D eigenvalue weighted by molar-refractivity contribution is 0.344. The molecule has 4 heteroatoms. The predicted molar refractivity (Wildman–Crippen MR) is 170 cm³/mol. The van der Waals surface area contributed by atoms with Gasteiger partial charge in [0.15, 0.2) is 0 Å². The number of aromatic hydroxyl groups is 4. The third-order valence-electron chi connectivity index (χ3n) is 9.75. The quantitative estimate of drug-likeness (QED) is 0.199. The summed E-state index contributed by atoms with van der Waals surface area (Å²) in [7, 11) is 0. The van der Waals surface area contributed by atoms with Crippen molar-refractivity contribution in [2.45, 2.75) is 88.9 Å². The summed E-state index contributed by atoms with van der Waals surface area (Å²) in [4.78, 5) is 0. The van der Waals surface area contributed by atoms with Gasteiger partial charge in [0.05, 0.1) is 0 Å². The van der Waals surface area contributed by atoms with Crippen LogP contribution in [0.5, 0.6) is 23.0 Å². The van der Waals surface area contributed by atoms with Gasteiger partial charge in [0, 0.05) is 10.8 Å². The summed E-state index contributed by atoms with van der Waals surface area (Å²) in [5.41, 5.74) is 6.99. The van der Waals surface area contributed by atoms with Crippen LogP contribution >= 0.6 is 0 Å². The highest BCUT2D eigenvalue weighted by Gasteiger charge is 2.37. The van der Waals surface area contributed by atoms with Crippen molar-refractivity contribution in [3.63, 3.8) is 0 Å². The van der Waals surface area contributed by atoms with Crippen molar-refractivity contribution in [2.24, 2.45) is 0 Å². The maximum absolute atomic E-state index is 9.84. The van der Waals surface area contributed by atoms with Crippen molar-refractivity contribution < 1.29 is 20.4 Å². The van der Waals surface area contributed by atoms with Crippen molar-refractivity contribution in [1.29, 1.82) is 0 Å². The van der Waals surface area contributed by atoms with E-state index in [4.69, 9.17) is 0 Å². The van der Waals surface area contributed by atoms with E-state index in [-0.39, 0.29) is 10.8 Å². The number of hydrogen-bond donors (Lipinski definition) is 4. The van der Waals surface area contributed by atoms with Gasteiger partial charge in [-0.05, 0) is 109 Å². The van der Waals surface area contributed by atoms with Crippen molar-refractivity contribution in [3.05, 3.63) is 118 Å². The van der Waals surface area contributed by atoms with Crippen LogP contribution in [0.15, 0.2) is 84.9 Å². The van der Waals surface area contributed by atoms with Gasteiger partial charge in [-0.2, -0.15) is 0 Å². The third-order valence-corrected chi connectivity index (χ3v) is 9.75. The Bertz CT molecular complexity index is 1370. The first-order valence-electron chi connectivity index (χ1n) is 15.4. The molecule has 2 aliphatic carbocycles. The second kappa shape index (κ2) is 12.5. The summed E-state index contributed by atoms with van der Waals surface area (Å²) < 4.78 is 0. The smallest absolute Gasteiger partial charge is 0.118 e. The van der Waals surface area contributed by atoms with Gasteiger partial charge in [0.2, 0.25) is 0 Å².